The van der Waals surface area contributed by atoms with Gasteiger partial charge in [0, 0.05) is 18.7 Å². The predicted octanol–water partition coefficient (Wildman–Crippen LogP) is 3.21. The van der Waals surface area contributed by atoms with Gasteiger partial charge in [0.15, 0.2) is 9.84 Å². The summed E-state index contributed by atoms with van der Waals surface area (Å²) < 4.78 is 38.4. The van der Waals surface area contributed by atoms with Crippen molar-refractivity contribution in [3.63, 3.8) is 0 Å². The second-order valence-electron chi connectivity index (χ2n) is 6.31. The average Bonchev–Trinajstić information content (AvgIpc) is 2.62. The standard InChI is InChI=1S/C19H20FNO3S/c1-14-4-2-3-5-18(14)19(22)21-12-10-17(11-13-21)25(23,24)16-8-6-15(20)7-9-16/h2-9,17H,10-13H2,1H3. The number of halogens is 1. The van der Waals surface area contributed by atoms with E-state index in [9.17, 15) is 17.6 Å². The van der Waals surface area contributed by atoms with Gasteiger partial charge in [-0.2, -0.15) is 0 Å². The molecule has 0 spiro atoms. The minimum atomic E-state index is -3.51. The molecular formula is C19H20FNO3S. The lowest BCUT2D eigenvalue weighted by Gasteiger charge is -2.32. The molecule has 1 saturated heterocycles. The first-order valence-corrected chi connectivity index (χ1v) is 9.78. The molecule has 25 heavy (non-hydrogen) atoms. The van der Waals surface area contributed by atoms with Crippen molar-refractivity contribution >= 4 is 15.7 Å². The highest BCUT2D eigenvalue weighted by atomic mass is 32.2. The summed E-state index contributed by atoms with van der Waals surface area (Å²) in [4.78, 5) is 14.5. The molecule has 1 aliphatic rings. The van der Waals surface area contributed by atoms with Gasteiger partial charge in [-0.15, -0.1) is 0 Å². The predicted molar refractivity (Wildman–Crippen MR) is 93.7 cm³/mol. The lowest BCUT2D eigenvalue weighted by molar-refractivity contribution is 0.0725. The quantitative estimate of drug-likeness (QED) is 0.789. The van der Waals surface area contributed by atoms with Crippen LogP contribution in [0.1, 0.15) is 28.8 Å². The van der Waals surface area contributed by atoms with Gasteiger partial charge in [-0.1, -0.05) is 18.2 Å². The van der Waals surface area contributed by atoms with Crippen LogP contribution in [-0.4, -0.2) is 37.6 Å². The van der Waals surface area contributed by atoms with Crippen LogP contribution >= 0.6 is 0 Å². The van der Waals surface area contributed by atoms with Gasteiger partial charge in [-0.25, -0.2) is 12.8 Å². The summed E-state index contributed by atoms with van der Waals surface area (Å²) in [6, 6.07) is 12.3. The van der Waals surface area contributed by atoms with Crippen molar-refractivity contribution in [1.29, 1.82) is 0 Å². The lowest BCUT2D eigenvalue weighted by atomic mass is 10.1. The molecule has 1 fully saturated rings. The van der Waals surface area contributed by atoms with Crippen molar-refractivity contribution in [3.8, 4) is 0 Å². The second kappa shape index (κ2) is 6.96. The molecule has 0 aromatic heterocycles. The highest BCUT2D eigenvalue weighted by Gasteiger charge is 2.33. The fourth-order valence-electron chi connectivity index (χ4n) is 3.17. The summed E-state index contributed by atoms with van der Waals surface area (Å²) in [6.07, 6.45) is 0.772. The van der Waals surface area contributed by atoms with Crippen LogP contribution < -0.4 is 0 Å². The Hall–Kier alpha value is -2.21. The monoisotopic (exact) mass is 361 g/mol. The van der Waals surface area contributed by atoms with Crippen LogP contribution in [-0.2, 0) is 9.84 Å². The van der Waals surface area contributed by atoms with E-state index in [0.29, 0.717) is 31.5 Å². The maximum atomic E-state index is 13.0. The van der Waals surface area contributed by atoms with Gasteiger partial charge in [0.05, 0.1) is 10.1 Å². The summed E-state index contributed by atoms with van der Waals surface area (Å²) in [5, 5.41) is -0.543. The van der Waals surface area contributed by atoms with E-state index in [1.54, 1.807) is 11.0 Å². The first kappa shape index (κ1) is 17.6. The van der Waals surface area contributed by atoms with Crippen molar-refractivity contribution in [2.24, 2.45) is 0 Å². The van der Waals surface area contributed by atoms with Crippen LogP contribution in [0.25, 0.3) is 0 Å². The van der Waals surface area contributed by atoms with E-state index in [2.05, 4.69) is 0 Å². The molecule has 6 heteroatoms. The van der Waals surface area contributed by atoms with Crippen molar-refractivity contribution in [2.75, 3.05) is 13.1 Å². The van der Waals surface area contributed by atoms with E-state index in [0.717, 1.165) is 17.7 Å². The number of sulfone groups is 1. The lowest BCUT2D eigenvalue weighted by Crippen LogP contribution is -2.42. The number of nitrogens with zero attached hydrogens (tertiary/aromatic N) is 1. The number of benzene rings is 2. The minimum Gasteiger partial charge on any atom is -0.339 e. The number of piperidine rings is 1. The summed E-state index contributed by atoms with van der Waals surface area (Å²) >= 11 is 0. The zero-order chi connectivity index (χ0) is 18.0. The molecule has 0 aliphatic carbocycles. The Morgan fingerprint density at radius 1 is 1.04 bits per heavy atom. The van der Waals surface area contributed by atoms with Crippen LogP contribution in [0.4, 0.5) is 4.39 Å². The molecule has 3 rings (SSSR count). The Bertz CT molecular complexity index is 870. The van der Waals surface area contributed by atoms with Gasteiger partial charge in [0.25, 0.3) is 5.91 Å². The molecule has 0 saturated carbocycles. The SMILES string of the molecule is Cc1ccccc1C(=O)N1CCC(S(=O)(=O)c2ccc(F)cc2)CC1. The molecule has 132 valence electrons. The number of hydrogen-bond acceptors (Lipinski definition) is 3. The van der Waals surface area contributed by atoms with Gasteiger partial charge in [0.1, 0.15) is 5.82 Å². The Kier molecular flexibility index (Phi) is 4.90. The van der Waals surface area contributed by atoms with Crippen molar-refractivity contribution in [1.82, 2.24) is 4.90 Å². The molecule has 1 aliphatic heterocycles. The minimum absolute atomic E-state index is 0.0595. The first-order valence-electron chi connectivity index (χ1n) is 8.24. The molecule has 0 N–H and O–H groups in total. The number of hydrogen-bond donors (Lipinski definition) is 0. The van der Waals surface area contributed by atoms with Gasteiger partial charge >= 0.3 is 0 Å². The van der Waals surface area contributed by atoms with Crippen LogP contribution in [0, 0.1) is 12.7 Å². The molecule has 2 aromatic rings. The van der Waals surface area contributed by atoms with E-state index in [1.807, 2.05) is 25.1 Å². The van der Waals surface area contributed by atoms with Gasteiger partial charge in [-0.3, -0.25) is 4.79 Å². The fraction of sp³-hybridized carbons (Fsp3) is 0.316. The van der Waals surface area contributed by atoms with Gasteiger partial charge in [0.2, 0.25) is 0 Å². The largest absolute Gasteiger partial charge is 0.339 e. The number of carbonyl (C=O) groups excluding carboxylic acids is 1. The first-order chi connectivity index (χ1) is 11.9. The van der Waals surface area contributed by atoms with Crippen LogP contribution in [0.5, 0.6) is 0 Å². The van der Waals surface area contributed by atoms with Crippen LogP contribution in [0.2, 0.25) is 0 Å². The fourth-order valence-corrected chi connectivity index (χ4v) is 4.90. The summed E-state index contributed by atoms with van der Waals surface area (Å²) in [6.45, 7) is 2.69. The smallest absolute Gasteiger partial charge is 0.254 e. The number of amides is 1. The van der Waals surface area contributed by atoms with Crippen molar-refractivity contribution in [2.45, 2.75) is 29.9 Å². The maximum Gasteiger partial charge on any atom is 0.254 e. The van der Waals surface area contributed by atoms with E-state index in [-0.39, 0.29) is 10.8 Å². The third kappa shape index (κ3) is 3.58. The molecule has 1 heterocycles. The summed E-state index contributed by atoms with van der Waals surface area (Å²) in [5.74, 6) is -0.520. The van der Waals surface area contributed by atoms with Crippen molar-refractivity contribution in [3.05, 3.63) is 65.5 Å². The maximum absolute atomic E-state index is 13.0. The highest BCUT2D eigenvalue weighted by Crippen LogP contribution is 2.26. The zero-order valence-corrected chi connectivity index (χ0v) is 14.8. The Morgan fingerprint density at radius 3 is 2.24 bits per heavy atom. The number of rotatable bonds is 3. The second-order valence-corrected chi connectivity index (χ2v) is 8.53. The molecule has 2 aromatic carbocycles. The Labute approximate surface area is 147 Å². The Balaban J connectivity index is 1.70. The third-order valence-corrected chi connectivity index (χ3v) is 6.96. The molecule has 0 unspecified atom stereocenters. The highest BCUT2D eigenvalue weighted by molar-refractivity contribution is 7.92. The third-order valence-electron chi connectivity index (χ3n) is 4.69. The van der Waals surface area contributed by atoms with E-state index < -0.39 is 20.9 Å². The normalized spacial score (nSPS) is 16.0. The van der Waals surface area contributed by atoms with Gasteiger partial charge < -0.3 is 4.90 Å². The summed E-state index contributed by atoms with van der Waals surface area (Å²) in [5.41, 5.74) is 1.57. The van der Waals surface area contributed by atoms with Crippen molar-refractivity contribution < 1.29 is 17.6 Å². The average molecular weight is 361 g/mol. The molecule has 0 radical (unpaired) electrons. The Morgan fingerprint density at radius 2 is 1.64 bits per heavy atom. The molecule has 4 nitrogen and oxygen atoms in total. The summed E-state index contributed by atoms with van der Waals surface area (Å²) in [7, 11) is -3.51. The van der Waals surface area contributed by atoms with Gasteiger partial charge in [-0.05, 0) is 55.7 Å². The topological polar surface area (TPSA) is 54.5 Å². The molecule has 0 bridgehead atoms. The van der Waals surface area contributed by atoms with E-state index in [4.69, 9.17) is 0 Å². The molecule has 1 amide bonds. The number of aryl methyl sites for hydroxylation is 1. The van der Waals surface area contributed by atoms with E-state index in [1.165, 1.54) is 12.1 Å². The molecule has 0 atom stereocenters. The van der Waals surface area contributed by atoms with Crippen LogP contribution in [0.3, 0.4) is 0 Å². The molecular weight excluding hydrogens is 341 g/mol. The van der Waals surface area contributed by atoms with Crippen LogP contribution in [0.15, 0.2) is 53.4 Å². The number of likely N-dealkylation sites (tertiary alicyclic amines) is 1. The number of carbonyl (C=O) groups is 1. The van der Waals surface area contributed by atoms with E-state index >= 15 is 0 Å². The zero-order valence-electron chi connectivity index (χ0n) is 14.0.